The first-order chi connectivity index (χ1) is 13.5. The Bertz CT molecular complexity index is 1020. The molecule has 4 nitrogen and oxygen atoms in total. The van der Waals surface area contributed by atoms with Crippen LogP contribution in [0.3, 0.4) is 0 Å². The molecule has 2 heterocycles. The lowest BCUT2D eigenvalue weighted by atomic mass is 9.93. The van der Waals surface area contributed by atoms with Crippen LogP contribution in [0, 0.1) is 5.82 Å². The van der Waals surface area contributed by atoms with Gasteiger partial charge in [0, 0.05) is 36.1 Å². The SMILES string of the molecule is COc1cc(F)c2cc(C3=C[C@H](C)N(Cc4ccccc4)[C@H](C)C3)nnc2c1. The summed E-state index contributed by atoms with van der Waals surface area (Å²) >= 11 is 0. The van der Waals surface area contributed by atoms with Crippen molar-refractivity contribution in [3.8, 4) is 5.75 Å². The molecular weight excluding hydrogens is 353 g/mol. The molecule has 0 N–H and O–H groups in total. The number of aromatic nitrogens is 2. The Labute approximate surface area is 164 Å². The van der Waals surface area contributed by atoms with Crippen LogP contribution >= 0.6 is 0 Å². The number of nitrogens with zero attached hydrogens (tertiary/aromatic N) is 3. The molecule has 0 radical (unpaired) electrons. The van der Waals surface area contributed by atoms with Gasteiger partial charge in [-0.15, -0.1) is 5.10 Å². The van der Waals surface area contributed by atoms with Gasteiger partial charge in [0.15, 0.2) is 0 Å². The molecule has 0 bridgehead atoms. The number of fused-ring (bicyclic) bond motifs is 1. The van der Waals surface area contributed by atoms with Gasteiger partial charge in [-0.3, -0.25) is 4.90 Å². The van der Waals surface area contributed by atoms with E-state index in [-0.39, 0.29) is 11.9 Å². The Balaban J connectivity index is 1.63. The van der Waals surface area contributed by atoms with Gasteiger partial charge in [0.1, 0.15) is 11.6 Å². The quantitative estimate of drug-likeness (QED) is 0.652. The molecule has 3 aromatic rings. The van der Waals surface area contributed by atoms with Crippen LogP contribution in [0.25, 0.3) is 16.5 Å². The number of hydrogen-bond donors (Lipinski definition) is 0. The van der Waals surface area contributed by atoms with E-state index < -0.39 is 0 Å². The van der Waals surface area contributed by atoms with Gasteiger partial charge in [-0.2, -0.15) is 5.10 Å². The minimum Gasteiger partial charge on any atom is -0.497 e. The predicted molar refractivity (Wildman–Crippen MR) is 110 cm³/mol. The van der Waals surface area contributed by atoms with Gasteiger partial charge in [0.25, 0.3) is 0 Å². The number of benzene rings is 2. The van der Waals surface area contributed by atoms with Crippen LogP contribution in [0.5, 0.6) is 5.75 Å². The molecule has 5 heteroatoms. The van der Waals surface area contributed by atoms with Gasteiger partial charge in [-0.25, -0.2) is 4.39 Å². The summed E-state index contributed by atoms with van der Waals surface area (Å²) in [5, 5.41) is 9.08. The Kier molecular flexibility index (Phi) is 5.09. The van der Waals surface area contributed by atoms with E-state index in [4.69, 9.17) is 4.74 Å². The van der Waals surface area contributed by atoms with Crippen LogP contribution in [-0.2, 0) is 6.54 Å². The van der Waals surface area contributed by atoms with Crippen molar-refractivity contribution >= 4 is 16.5 Å². The molecule has 144 valence electrons. The molecular formula is C23H24FN3O. The number of rotatable bonds is 4. The van der Waals surface area contributed by atoms with Crippen LogP contribution < -0.4 is 4.74 Å². The molecule has 0 saturated carbocycles. The van der Waals surface area contributed by atoms with Gasteiger partial charge in [0.2, 0.25) is 0 Å². The number of methoxy groups -OCH3 is 1. The van der Waals surface area contributed by atoms with Gasteiger partial charge >= 0.3 is 0 Å². The summed E-state index contributed by atoms with van der Waals surface area (Å²) in [5.41, 5.74) is 3.67. The summed E-state index contributed by atoms with van der Waals surface area (Å²) < 4.78 is 19.6. The molecule has 0 fully saturated rings. The normalized spacial score (nSPS) is 20.2. The average Bonchev–Trinajstić information content (AvgIpc) is 2.71. The zero-order chi connectivity index (χ0) is 19.7. The van der Waals surface area contributed by atoms with E-state index >= 15 is 0 Å². The second kappa shape index (κ2) is 7.68. The lowest BCUT2D eigenvalue weighted by Gasteiger charge is -2.38. The zero-order valence-corrected chi connectivity index (χ0v) is 16.4. The number of halogens is 1. The number of ether oxygens (including phenoxy) is 1. The van der Waals surface area contributed by atoms with E-state index in [1.54, 1.807) is 12.1 Å². The van der Waals surface area contributed by atoms with E-state index in [0.717, 1.165) is 24.2 Å². The van der Waals surface area contributed by atoms with E-state index in [1.165, 1.54) is 18.7 Å². The smallest absolute Gasteiger partial charge is 0.136 e. The van der Waals surface area contributed by atoms with Crippen LogP contribution in [0.15, 0.2) is 54.6 Å². The van der Waals surface area contributed by atoms with Crippen molar-refractivity contribution in [2.45, 2.75) is 38.9 Å². The van der Waals surface area contributed by atoms with E-state index in [1.807, 2.05) is 6.07 Å². The summed E-state index contributed by atoms with van der Waals surface area (Å²) in [6.45, 7) is 5.33. The highest BCUT2D eigenvalue weighted by molar-refractivity contribution is 5.83. The van der Waals surface area contributed by atoms with E-state index in [2.05, 4.69) is 59.3 Å². The highest BCUT2D eigenvalue weighted by Gasteiger charge is 2.26. The minimum absolute atomic E-state index is 0.261. The first-order valence-corrected chi connectivity index (χ1v) is 9.57. The third kappa shape index (κ3) is 3.62. The van der Waals surface area contributed by atoms with E-state index in [0.29, 0.717) is 22.7 Å². The largest absolute Gasteiger partial charge is 0.497 e. The maximum atomic E-state index is 14.5. The average molecular weight is 377 g/mol. The molecule has 0 unspecified atom stereocenters. The fourth-order valence-corrected chi connectivity index (χ4v) is 3.93. The van der Waals surface area contributed by atoms with Gasteiger partial charge in [-0.1, -0.05) is 36.4 Å². The van der Waals surface area contributed by atoms with Gasteiger partial charge in [0.05, 0.1) is 18.3 Å². The molecule has 0 saturated heterocycles. The second-order valence-corrected chi connectivity index (χ2v) is 7.42. The van der Waals surface area contributed by atoms with Crippen molar-refractivity contribution in [3.05, 3.63) is 71.7 Å². The fourth-order valence-electron chi connectivity index (χ4n) is 3.93. The zero-order valence-electron chi connectivity index (χ0n) is 16.4. The topological polar surface area (TPSA) is 38.2 Å². The van der Waals surface area contributed by atoms with Crippen molar-refractivity contribution < 1.29 is 9.13 Å². The molecule has 1 aliphatic rings. The molecule has 2 atom stereocenters. The first kappa shape index (κ1) is 18.6. The third-order valence-electron chi connectivity index (χ3n) is 5.45. The summed E-state index contributed by atoms with van der Waals surface area (Å²) in [6.07, 6.45) is 3.08. The van der Waals surface area contributed by atoms with Crippen molar-refractivity contribution in [1.29, 1.82) is 0 Å². The molecule has 1 aromatic heterocycles. The lowest BCUT2D eigenvalue weighted by Crippen LogP contribution is -2.41. The minimum atomic E-state index is -0.339. The molecule has 28 heavy (non-hydrogen) atoms. The standard InChI is InChI=1S/C23H24FN3O/c1-15-9-18(10-16(2)27(15)14-17-7-5-4-6-8-17)22-13-20-21(24)11-19(28-3)12-23(20)26-25-22/h4-9,11-13,15-16H,10,14H2,1-3H3/t15-,16+/m0/s1. The Morgan fingerprint density at radius 1 is 1.11 bits per heavy atom. The maximum Gasteiger partial charge on any atom is 0.136 e. The van der Waals surface area contributed by atoms with Crippen molar-refractivity contribution in [2.24, 2.45) is 0 Å². The van der Waals surface area contributed by atoms with Crippen molar-refractivity contribution in [1.82, 2.24) is 15.1 Å². The molecule has 0 spiro atoms. The highest BCUT2D eigenvalue weighted by atomic mass is 19.1. The maximum absolute atomic E-state index is 14.5. The van der Waals surface area contributed by atoms with E-state index in [9.17, 15) is 4.39 Å². The van der Waals surface area contributed by atoms with Gasteiger partial charge in [-0.05, 0) is 37.5 Å². The third-order valence-corrected chi connectivity index (χ3v) is 5.45. The Morgan fingerprint density at radius 2 is 1.89 bits per heavy atom. The van der Waals surface area contributed by atoms with Crippen LogP contribution in [0.4, 0.5) is 4.39 Å². The Morgan fingerprint density at radius 3 is 2.61 bits per heavy atom. The van der Waals surface area contributed by atoms with Crippen molar-refractivity contribution in [2.75, 3.05) is 7.11 Å². The molecule has 4 rings (SSSR count). The summed E-state index contributed by atoms with van der Waals surface area (Å²) in [6, 6.07) is 16.0. The molecule has 0 amide bonds. The van der Waals surface area contributed by atoms with Crippen molar-refractivity contribution in [3.63, 3.8) is 0 Å². The molecule has 2 aromatic carbocycles. The monoisotopic (exact) mass is 377 g/mol. The highest BCUT2D eigenvalue weighted by Crippen LogP contribution is 2.31. The van der Waals surface area contributed by atoms with Gasteiger partial charge < -0.3 is 4.74 Å². The van der Waals surface area contributed by atoms with Crippen LogP contribution in [0.1, 0.15) is 31.5 Å². The summed E-state index contributed by atoms with van der Waals surface area (Å²) in [5.74, 6) is 0.108. The first-order valence-electron chi connectivity index (χ1n) is 9.57. The number of hydrogen-bond acceptors (Lipinski definition) is 4. The lowest BCUT2D eigenvalue weighted by molar-refractivity contribution is 0.165. The molecule has 1 aliphatic heterocycles. The Hall–Kier alpha value is -2.79. The predicted octanol–water partition coefficient (Wildman–Crippen LogP) is 4.84. The summed E-state index contributed by atoms with van der Waals surface area (Å²) in [7, 11) is 1.51. The molecule has 0 aliphatic carbocycles. The fraction of sp³-hybridized carbons (Fsp3) is 0.304. The van der Waals surface area contributed by atoms with Crippen LogP contribution in [-0.4, -0.2) is 34.3 Å². The van der Waals surface area contributed by atoms with Crippen LogP contribution in [0.2, 0.25) is 0 Å². The second-order valence-electron chi connectivity index (χ2n) is 7.42. The summed E-state index contributed by atoms with van der Waals surface area (Å²) in [4.78, 5) is 2.47.